The Morgan fingerprint density at radius 2 is 1.41 bits per heavy atom. The van der Waals surface area contributed by atoms with E-state index in [0.717, 1.165) is 5.56 Å². The van der Waals surface area contributed by atoms with E-state index in [1.54, 1.807) is 47.1 Å². The molecule has 0 aliphatic heterocycles. The molecular weight excluding hydrogens is 636 g/mol. The van der Waals surface area contributed by atoms with Gasteiger partial charge in [0.2, 0.25) is 12.3 Å². The number of aromatic nitrogens is 4. The van der Waals surface area contributed by atoms with Gasteiger partial charge in [0.1, 0.15) is 15.8 Å². The molecule has 0 N–H and O–H groups in total. The second-order valence-corrected chi connectivity index (χ2v) is 13.4. The molecule has 44 heavy (non-hydrogen) atoms. The Morgan fingerprint density at radius 3 is 1.91 bits per heavy atom. The van der Waals surface area contributed by atoms with Crippen LogP contribution in [0.1, 0.15) is 67.9 Å². The number of methoxy groups -OCH3 is 1. The zero-order valence-electron chi connectivity index (χ0n) is 27.1. The molecule has 0 saturated heterocycles. The van der Waals surface area contributed by atoms with Gasteiger partial charge < -0.3 is 23.5 Å². The molecule has 3 aromatic rings. The van der Waals surface area contributed by atoms with E-state index in [4.69, 9.17) is 18.6 Å². The van der Waals surface area contributed by atoms with E-state index in [0.29, 0.717) is 21.6 Å². The normalized spacial score (nSPS) is 11.6. The maximum atomic E-state index is 12.6. The van der Waals surface area contributed by atoms with Gasteiger partial charge in [-0.25, -0.2) is 19.6 Å². The predicted octanol–water partition coefficient (Wildman–Crippen LogP) is 6.65. The third kappa shape index (κ3) is 11.6. The van der Waals surface area contributed by atoms with Gasteiger partial charge in [0.15, 0.2) is 11.5 Å². The summed E-state index contributed by atoms with van der Waals surface area (Å²) < 4.78 is 21.7. The van der Waals surface area contributed by atoms with Crippen LogP contribution < -0.4 is 4.90 Å². The number of carbonyl (C=O) groups is 3. The zero-order valence-corrected chi connectivity index (χ0v) is 28.7. The number of ether oxygens (including phenoxy) is 3. The molecule has 240 valence electrons. The summed E-state index contributed by atoms with van der Waals surface area (Å²) in [5.74, 6) is -0.0178. The number of rotatable bonds is 6. The molecule has 3 amide bonds. The standard InChI is InChI=1S/C25H29BrN6O6.C5H12O/c1-24(2,3)37-22(34)31(7)13-15-8-10-16(11-9-15)20-29-30-21(36-20)18-19(27-12-17(26)28-18)32(14-33)23(35)38-25(4,5)6;1-5(2,3)6-4/h8-12,14H,13H2,1-7H3;1-4H3. The van der Waals surface area contributed by atoms with Crippen LogP contribution in [-0.2, 0) is 25.5 Å². The molecule has 0 fully saturated rings. The molecule has 0 atom stereocenters. The number of hydrogen-bond donors (Lipinski definition) is 0. The average molecular weight is 678 g/mol. The van der Waals surface area contributed by atoms with E-state index in [-0.39, 0.29) is 35.3 Å². The van der Waals surface area contributed by atoms with E-state index in [2.05, 4.69) is 36.1 Å². The summed E-state index contributed by atoms with van der Waals surface area (Å²) in [6.07, 6.45) is 0.242. The first-order valence-electron chi connectivity index (χ1n) is 13.7. The van der Waals surface area contributed by atoms with Crippen molar-refractivity contribution < 1.29 is 33.0 Å². The van der Waals surface area contributed by atoms with Crippen LogP contribution in [0.25, 0.3) is 23.0 Å². The monoisotopic (exact) mass is 676 g/mol. The molecule has 14 heteroatoms. The van der Waals surface area contributed by atoms with Gasteiger partial charge in [0.05, 0.1) is 11.8 Å². The summed E-state index contributed by atoms with van der Waals surface area (Å²) >= 11 is 3.23. The Bertz CT molecular complexity index is 1420. The molecule has 3 rings (SSSR count). The van der Waals surface area contributed by atoms with Gasteiger partial charge in [-0.2, -0.15) is 4.90 Å². The second-order valence-electron chi connectivity index (χ2n) is 12.6. The minimum atomic E-state index is -0.933. The highest BCUT2D eigenvalue weighted by atomic mass is 79.9. The van der Waals surface area contributed by atoms with Crippen molar-refractivity contribution in [2.24, 2.45) is 0 Å². The number of halogens is 1. The highest BCUT2D eigenvalue weighted by Gasteiger charge is 2.29. The molecule has 0 unspecified atom stereocenters. The van der Waals surface area contributed by atoms with Crippen LogP contribution in [0.2, 0.25) is 0 Å². The Hall–Kier alpha value is -3.91. The van der Waals surface area contributed by atoms with Crippen LogP contribution in [0.4, 0.5) is 15.4 Å². The maximum Gasteiger partial charge on any atom is 0.422 e. The minimum Gasteiger partial charge on any atom is -0.444 e. The third-order valence-electron chi connectivity index (χ3n) is 5.21. The first kappa shape index (κ1) is 36.3. The quantitative estimate of drug-likeness (QED) is 0.258. The number of benzene rings is 1. The summed E-state index contributed by atoms with van der Waals surface area (Å²) in [5, 5.41) is 8.11. The molecule has 0 radical (unpaired) electrons. The van der Waals surface area contributed by atoms with Crippen molar-refractivity contribution in [2.75, 3.05) is 19.1 Å². The van der Waals surface area contributed by atoms with Gasteiger partial charge in [-0.15, -0.1) is 10.2 Å². The molecule has 0 spiro atoms. The van der Waals surface area contributed by atoms with Crippen LogP contribution in [0, 0.1) is 0 Å². The lowest BCUT2D eigenvalue weighted by molar-refractivity contribution is -0.107. The molecular formula is C30H41BrN6O7. The zero-order chi connectivity index (χ0) is 33.5. The number of carbonyl (C=O) groups excluding carboxylic acids is 3. The SMILES string of the molecule is CN(Cc1ccc(-c2nnc(-c3nc(Br)cnc3N(C=O)C(=O)OC(C)(C)C)o2)cc1)C(=O)OC(C)(C)C.COC(C)(C)C. The molecule has 0 saturated carbocycles. The van der Waals surface area contributed by atoms with Crippen LogP contribution in [-0.4, -0.2) is 74.6 Å². The number of imide groups is 1. The van der Waals surface area contributed by atoms with Crippen molar-refractivity contribution in [3.63, 3.8) is 0 Å². The third-order valence-corrected chi connectivity index (χ3v) is 5.60. The maximum absolute atomic E-state index is 12.6. The minimum absolute atomic E-state index is 0.00619. The van der Waals surface area contributed by atoms with E-state index < -0.39 is 23.4 Å². The highest BCUT2D eigenvalue weighted by molar-refractivity contribution is 9.10. The lowest BCUT2D eigenvalue weighted by atomic mass is 10.1. The summed E-state index contributed by atoms with van der Waals surface area (Å²) in [5.41, 5.74) is 0.0929. The molecule has 0 aliphatic carbocycles. The number of hydrogen-bond acceptors (Lipinski definition) is 11. The lowest BCUT2D eigenvalue weighted by Crippen LogP contribution is -2.36. The molecule has 1 aromatic carbocycles. The van der Waals surface area contributed by atoms with E-state index in [1.165, 1.54) is 11.1 Å². The largest absolute Gasteiger partial charge is 0.444 e. The fourth-order valence-corrected chi connectivity index (χ4v) is 3.32. The number of amides is 3. The summed E-state index contributed by atoms with van der Waals surface area (Å²) in [6.45, 7) is 16.8. The van der Waals surface area contributed by atoms with Gasteiger partial charge in [0.25, 0.3) is 5.89 Å². The van der Waals surface area contributed by atoms with E-state index in [1.807, 2.05) is 53.7 Å². The second kappa shape index (κ2) is 14.7. The van der Waals surface area contributed by atoms with Crippen LogP contribution in [0.15, 0.2) is 39.5 Å². The van der Waals surface area contributed by atoms with Crippen molar-refractivity contribution >= 4 is 40.3 Å². The molecule has 0 bridgehead atoms. The van der Waals surface area contributed by atoms with Crippen molar-refractivity contribution in [1.82, 2.24) is 25.1 Å². The number of nitrogens with zero attached hydrogens (tertiary/aromatic N) is 6. The summed E-state index contributed by atoms with van der Waals surface area (Å²) in [7, 11) is 3.36. The van der Waals surface area contributed by atoms with Gasteiger partial charge in [0, 0.05) is 26.3 Å². The first-order valence-corrected chi connectivity index (χ1v) is 14.4. The first-order chi connectivity index (χ1) is 20.2. The fraction of sp³-hybridized carbons (Fsp3) is 0.500. The van der Waals surface area contributed by atoms with Gasteiger partial charge in [-0.3, -0.25) is 4.79 Å². The predicted molar refractivity (Wildman–Crippen MR) is 168 cm³/mol. The van der Waals surface area contributed by atoms with Crippen LogP contribution >= 0.6 is 15.9 Å². The smallest absolute Gasteiger partial charge is 0.422 e. The van der Waals surface area contributed by atoms with Gasteiger partial charge in [-0.05, 0) is 95.9 Å². The van der Waals surface area contributed by atoms with Crippen molar-refractivity contribution in [3.05, 3.63) is 40.6 Å². The summed E-state index contributed by atoms with van der Waals surface area (Å²) in [4.78, 5) is 47.2. The topological polar surface area (TPSA) is 150 Å². The molecule has 2 heterocycles. The van der Waals surface area contributed by atoms with Gasteiger partial charge >= 0.3 is 12.2 Å². The average Bonchev–Trinajstić information content (AvgIpc) is 3.38. The fourth-order valence-electron chi connectivity index (χ4n) is 3.04. The summed E-state index contributed by atoms with van der Waals surface area (Å²) in [6, 6.07) is 7.17. The number of anilines is 1. The van der Waals surface area contributed by atoms with Crippen molar-refractivity contribution in [1.29, 1.82) is 0 Å². The van der Waals surface area contributed by atoms with E-state index >= 15 is 0 Å². The molecule has 2 aromatic heterocycles. The van der Waals surface area contributed by atoms with Crippen LogP contribution in [0.3, 0.4) is 0 Å². The van der Waals surface area contributed by atoms with Gasteiger partial charge in [-0.1, -0.05) is 12.1 Å². The van der Waals surface area contributed by atoms with Crippen molar-refractivity contribution in [3.8, 4) is 23.0 Å². The van der Waals surface area contributed by atoms with Crippen LogP contribution in [0.5, 0.6) is 0 Å². The lowest BCUT2D eigenvalue weighted by Gasteiger charge is -2.24. The highest BCUT2D eigenvalue weighted by Crippen LogP contribution is 2.30. The molecule has 0 aliphatic rings. The van der Waals surface area contributed by atoms with Crippen molar-refractivity contribution in [2.45, 2.75) is 85.7 Å². The van der Waals surface area contributed by atoms with E-state index in [9.17, 15) is 14.4 Å². The Morgan fingerprint density at radius 1 is 0.886 bits per heavy atom. The Kier molecular flexibility index (Phi) is 12.1. The Balaban J connectivity index is 0.00000102. The Labute approximate surface area is 266 Å². The molecule has 13 nitrogen and oxygen atoms in total.